The van der Waals surface area contributed by atoms with Crippen molar-refractivity contribution in [3.63, 3.8) is 0 Å². The number of ether oxygens (including phenoxy) is 2. The van der Waals surface area contributed by atoms with Crippen molar-refractivity contribution in [2.45, 2.75) is 12.3 Å². The molecule has 1 aliphatic rings. The fourth-order valence-corrected chi connectivity index (χ4v) is 2.60. The second kappa shape index (κ2) is 5.01. The van der Waals surface area contributed by atoms with E-state index in [-0.39, 0.29) is 29.8 Å². The Labute approximate surface area is 121 Å². The molecule has 5 heteroatoms. The fraction of sp³-hybridized carbons (Fsp3) is 0.188. The van der Waals surface area contributed by atoms with E-state index in [9.17, 15) is 15.0 Å². The van der Waals surface area contributed by atoms with Crippen molar-refractivity contribution in [1.82, 2.24) is 0 Å². The first kappa shape index (κ1) is 13.3. The molecule has 0 amide bonds. The van der Waals surface area contributed by atoms with Crippen molar-refractivity contribution in [3.05, 3.63) is 47.5 Å². The zero-order valence-electron chi connectivity index (χ0n) is 11.4. The number of hydrogen-bond acceptors (Lipinski definition) is 5. The number of rotatable bonds is 2. The molecule has 0 bridgehead atoms. The molecule has 5 nitrogen and oxygen atoms in total. The van der Waals surface area contributed by atoms with Crippen LogP contribution in [0.5, 0.6) is 23.0 Å². The second-order valence-electron chi connectivity index (χ2n) is 4.85. The minimum absolute atomic E-state index is 0.0251. The summed E-state index contributed by atoms with van der Waals surface area (Å²) >= 11 is 0. The monoisotopic (exact) mass is 286 g/mol. The molecule has 21 heavy (non-hydrogen) atoms. The van der Waals surface area contributed by atoms with Gasteiger partial charge in [0.1, 0.15) is 11.5 Å². The molecule has 108 valence electrons. The second-order valence-corrected chi connectivity index (χ2v) is 4.85. The summed E-state index contributed by atoms with van der Waals surface area (Å²) in [4.78, 5) is 11.8. The van der Waals surface area contributed by atoms with Gasteiger partial charge in [0.15, 0.2) is 11.5 Å². The van der Waals surface area contributed by atoms with Gasteiger partial charge in [0, 0.05) is 11.5 Å². The maximum Gasteiger partial charge on any atom is 0.312 e. The quantitative estimate of drug-likeness (QED) is 0.655. The highest BCUT2D eigenvalue weighted by Gasteiger charge is 2.31. The Kier molecular flexibility index (Phi) is 3.17. The number of carbonyl (C=O) groups excluding carboxylic acids is 1. The molecule has 0 unspecified atom stereocenters. The molecule has 1 atom stereocenters. The number of methoxy groups -OCH3 is 1. The summed E-state index contributed by atoms with van der Waals surface area (Å²) in [7, 11) is 1.46. The predicted molar refractivity (Wildman–Crippen MR) is 74.9 cm³/mol. The number of esters is 1. The third-order valence-electron chi connectivity index (χ3n) is 3.59. The van der Waals surface area contributed by atoms with E-state index in [1.54, 1.807) is 30.3 Å². The van der Waals surface area contributed by atoms with Gasteiger partial charge in [0.2, 0.25) is 0 Å². The molecular formula is C16H14O5. The van der Waals surface area contributed by atoms with Crippen molar-refractivity contribution < 1.29 is 24.5 Å². The van der Waals surface area contributed by atoms with Crippen molar-refractivity contribution in [2.75, 3.05) is 7.11 Å². The van der Waals surface area contributed by atoms with Crippen LogP contribution in [-0.2, 0) is 4.79 Å². The molecular weight excluding hydrogens is 272 g/mol. The molecule has 0 saturated carbocycles. The van der Waals surface area contributed by atoms with Crippen molar-refractivity contribution in [1.29, 1.82) is 0 Å². The van der Waals surface area contributed by atoms with E-state index in [1.165, 1.54) is 13.2 Å². The molecule has 3 rings (SSSR count). The molecule has 0 radical (unpaired) electrons. The van der Waals surface area contributed by atoms with Crippen LogP contribution in [-0.4, -0.2) is 23.3 Å². The highest BCUT2D eigenvalue weighted by atomic mass is 16.5. The van der Waals surface area contributed by atoms with Crippen LogP contribution < -0.4 is 9.47 Å². The van der Waals surface area contributed by atoms with Gasteiger partial charge in [-0.2, -0.15) is 0 Å². The normalized spacial score (nSPS) is 17.0. The van der Waals surface area contributed by atoms with Gasteiger partial charge in [0.25, 0.3) is 0 Å². The van der Waals surface area contributed by atoms with Crippen LogP contribution in [0.4, 0.5) is 0 Å². The van der Waals surface area contributed by atoms with E-state index in [2.05, 4.69) is 0 Å². The van der Waals surface area contributed by atoms with Crippen molar-refractivity contribution in [2.24, 2.45) is 0 Å². The van der Waals surface area contributed by atoms with Gasteiger partial charge in [-0.05, 0) is 29.8 Å². The Morgan fingerprint density at radius 3 is 2.76 bits per heavy atom. The van der Waals surface area contributed by atoms with Gasteiger partial charge in [0.05, 0.1) is 13.5 Å². The van der Waals surface area contributed by atoms with E-state index < -0.39 is 0 Å². The van der Waals surface area contributed by atoms with Crippen LogP contribution in [0.15, 0.2) is 36.4 Å². The van der Waals surface area contributed by atoms with Gasteiger partial charge in [-0.3, -0.25) is 4.79 Å². The number of phenols is 2. The van der Waals surface area contributed by atoms with Gasteiger partial charge >= 0.3 is 5.97 Å². The minimum atomic E-state index is -0.356. The van der Waals surface area contributed by atoms with Gasteiger partial charge in [-0.15, -0.1) is 0 Å². The van der Waals surface area contributed by atoms with E-state index in [0.717, 1.165) is 5.56 Å². The largest absolute Gasteiger partial charge is 0.508 e. The summed E-state index contributed by atoms with van der Waals surface area (Å²) in [6.45, 7) is 0. The lowest BCUT2D eigenvalue weighted by Crippen LogP contribution is -2.21. The van der Waals surface area contributed by atoms with E-state index in [0.29, 0.717) is 17.1 Å². The summed E-state index contributed by atoms with van der Waals surface area (Å²) in [6.07, 6.45) is 0.124. The lowest BCUT2D eigenvalue weighted by molar-refractivity contribution is -0.135. The standard InChI is InChI=1S/C16H14O5/c1-20-14-7-9(5-6-11(14)17)10-8-15(19)21-13-4-2-3-12(18)16(10)13/h2-7,10,17-18H,8H2,1H3/t10-/m0/s1. The summed E-state index contributed by atoms with van der Waals surface area (Å²) in [6, 6.07) is 9.71. The number of phenolic OH excluding ortho intramolecular Hbond substituents is 2. The topological polar surface area (TPSA) is 76.0 Å². The van der Waals surface area contributed by atoms with Crippen molar-refractivity contribution in [3.8, 4) is 23.0 Å². The average Bonchev–Trinajstić information content (AvgIpc) is 2.47. The molecule has 2 N–H and O–H groups in total. The SMILES string of the molecule is COc1cc([C@@H]2CC(=O)Oc3cccc(O)c32)ccc1O. The Hall–Kier alpha value is -2.69. The number of benzene rings is 2. The summed E-state index contributed by atoms with van der Waals surface area (Å²) < 4.78 is 10.3. The minimum Gasteiger partial charge on any atom is -0.508 e. The number of fused-ring (bicyclic) bond motifs is 1. The number of hydrogen-bond donors (Lipinski definition) is 2. The third kappa shape index (κ3) is 2.27. The molecule has 2 aromatic carbocycles. The Morgan fingerprint density at radius 1 is 1.19 bits per heavy atom. The summed E-state index contributed by atoms with van der Waals surface area (Å²) in [5, 5.41) is 19.8. The Morgan fingerprint density at radius 2 is 2.00 bits per heavy atom. The lowest BCUT2D eigenvalue weighted by atomic mass is 9.85. The average molecular weight is 286 g/mol. The molecule has 1 heterocycles. The van der Waals surface area contributed by atoms with Crippen LogP contribution >= 0.6 is 0 Å². The molecule has 2 aromatic rings. The summed E-state index contributed by atoms with van der Waals surface area (Å²) in [5.41, 5.74) is 1.34. The molecule has 0 spiro atoms. The number of aromatic hydroxyl groups is 2. The van der Waals surface area contributed by atoms with Gasteiger partial charge in [-0.1, -0.05) is 12.1 Å². The lowest BCUT2D eigenvalue weighted by Gasteiger charge is -2.25. The molecule has 0 fully saturated rings. The Balaban J connectivity index is 2.13. The van der Waals surface area contributed by atoms with Crippen LogP contribution in [0.25, 0.3) is 0 Å². The molecule has 0 saturated heterocycles. The first-order valence-electron chi connectivity index (χ1n) is 6.49. The number of carbonyl (C=O) groups is 1. The highest BCUT2D eigenvalue weighted by molar-refractivity contribution is 5.78. The third-order valence-corrected chi connectivity index (χ3v) is 3.59. The maximum absolute atomic E-state index is 11.8. The first-order chi connectivity index (χ1) is 10.1. The van der Waals surface area contributed by atoms with Gasteiger partial charge < -0.3 is 19.7 Å². The van der Waals surface area contributed by atoms with E-state index >= 15 is 0 Å². The molecule has 1 aliphatic heterocycles. The molecule has 0 aromatic heterocycles. The highest BCUT2D eigenvalue weighted by Crippen LogP contribution is 2.44. The zero-order chi connectivity index (χ0) is 15.0. The van der Waals surface area contributed by atoms with E-state index in [1.807, 2.05) is 0 Å². The smallest absolute Gasteiger partial charge is 0.312 e. The van der Waals surface area contributed by atoms with Crippen molar-refractivity contribution >= 4 is 5.97 Å². The Bertz CT molecular complexity index is 708. The maximum atomic E-state index is 11.8. The fourth-order valence-electron chi connectivity index (χ4n) is 2.60. The van der Waals surface area contributed by atoms with Crippen LogP contribution in [0.2, 0.25) is 0 Å². The van der Waals surface area contributed by atoms with Crippen LogP contribution in [0.1, 0.15) is 23.5 Å². The first-order valence-corrected chi connectivity index (χ1v) is 6.49. The zero-order valence-corrected chi connectivity index (χ0v) is 11.4. The molecule has 0 aliphatic carbocycles. The van der Waals surface area contributed by atoms with Crippen LogP contribution in [0.3, 0.4) is 0 Å². The van der Waals surface area contributed by atoms with Crippen LogP contribution in [0, 0.1) is 0 Å². The summed E-state index contributed by atoms with van der Waals surface area (Å²) in [5.74, 6) is 0.1000. The predicted octanol–water partition coefficient (Wildman–Crippen LogP) is 2.55. The van der Waals surface area contributed by atoms with Gasteiger partial charge in [-0.25, -0.2) is 0 Å². The van der Waals surface area contributed by atoms with E-state index in [4.69, 9.17) is 9.47 Å².